The van der Waals surface area contributed by atoms with Gasteiger partial charge in [-0.3, -0.25) is 24.5 Å². The van der Waals surface area contributed by atoms with E-state index in [0.29, 0.717) is 16.5 Å². The number of rotatable bonds is 5. The molecule has 1 aliphatic rings. The molecule has 1 N–H and O–H groups in total. The highest BCUT2D eigenvalue weighted by atomic mass is 16.6. The molecule has 9 heteroatoms. The highest BCUT2D eigenvalue weighted by Crippen LogP contribution is 2.50. The number of para-hydroxylation sites is 1. The third-order valence-corrected chi connectivity index (χ3v) is 5.49. The van der Waals surface area contributed by atoms with Gasteiger partial charge in [-0.05, 0) is 25.0 Å². The Balaban J connectivity index is 2.42. The van der Waals surface area contributed by atoms with Gasteiger partial charge in [-0.25, -0.2) is 0 Å². The molecule has 0 saturated carbocycles. The standard InChI is InChI=1S/C19H20N2O7/c1-10(22)12-8-19(17(23)27-2,18(24)28-3)16-15(13(12)9-21(25)26)11-6-4-5-7-14(11)20-16/h4-7,12-13,20H,8-9H2,1-3H3/t12-,13-/m0/s1. The first-order chi connectivity index (χ1) is 13.3. The number of nitrogens with one attached hydrogen (secondary N) is 1. The fourth-order valence-electron chi connectivity index (χ4n) is 4.27. The van der Waals surface area contributed by atoms with Crippen molar-refractivity contribution in [2.45, 2.75) is 24.7 Å². The predicted molar refractivity (Wildman–Crippen MR) is 97.4 cm³/mol. The van der Waals surface area contributed by atoms with Gasteiger partial charge in [0, 0.05) is 27.4 Å². The summed E-state index contributed by atoms with van der Waals surface area (Å²) < 4.78 is 9.82. The van der Waals surface area contributed by atoms with Crippen LogP contribution in [0.5, 0.6) is 0 Å². The number of aromatic nitrogens is 1. The second-order valence-electron chi connectivity index (χ2n) is 6.89. The molecule has 28 heavy (non-hydrogen) atoms. The molecule has 3 rings (SSSR count). The topological polar surface area (TPSA) is 129 Å². The molecule has 0 radical (unpaired) electrons. The lowest BCUT2D eigenvalue weighted by Gasteiger charge is -2.38. The Bertz CT molecular complexity index is 962. The van der Waals surface area contributed by atoms with Gasteiger partial charge in [0.1, 0.15) is 5.78 Å². The van der Waals surface area contributed by atoms with Crippen molar-refractivity contribution in [3.05, 3.63) is 45.6 Å². The number of nitro groups is 1. The molecule has 1 heterocycles. The molecule has 1 aromatic carbocycles. The third kappa shape index (κ3) is 2.74. The van der Waals surface area contributed by atoms with Crippen LogP contribution in [-0.2, 0) is 29.3 Å². The quantitative estimate of drug-likeness (QED) is 0.357. The van der Waals surface area contributed by atoms with Gasteiger partial charge in [0.2, 0.25) is 12.0 Å². The smallest absolute Gasteiger partial charge is 0.329 e. The number of methoxy groups -OCH3 is 2. The van der Waals surface area contributed by atoms with Crippen LogP contribution in [0.4, 0.5) is 0 Å². The van der Waals surface area contributed by atoms with Crippen LogP contribution in [0.3, 0.4) is 0 Å². The van der Waals surface area contributed by atoms with Crippen LogP contribution >= 0.6 is 0 Å². The van der Waals surface area contributed by atoms with E-state index >= 15 is 0 Å². The normalized spacial score (nSPS) is 20.2. The lowest BCUT2D eigenvalue weighted by atomic mass is 9.63. The molecule has 0 saturated heterocycles. The molecule has 1 aliphatic carbocycles. The minimum atomic E-state index is -1.90. The summed E-state index contributed by atoms with van der Waals surface area (Å²) in [6, 6.07) is 6.97. The molecule has 9 nitrogen and oxygen atoms in total. The first-order valence-corrected chi connectivity index (χ1v) is 8.68. The summed E-state index contributed by atoms with van der Waals surface area (Å²) in [7, 11) is 2.28. The Hall–Kier alpha value is -3.23. The molecule has 1 aromatic heterocycles. The van der Waals surface area contributed by atoms with E-state index in [-0.39, 0.29) is 17.9 Å². The first kappa shape index (κ1) is 19.5. The number of nitrogens with zero attached hydrogens (tertiary/aromatic N) is 1. The Morgan fingerprint density at radius 2 is 1.82 bits per heavy atom. The molecule has 0 unspecified atom stereocenters. The van der Waals surface area contributed by atoms with Crippen molar-refractivity contribution < 1.29 is 28.8 Å². The van der Waals surface area contributed by atoms with Crippen LogP contribution in [0.2, 0.25) is 0 Å². The van der Waals surface area contributed by atoms with Crippen molar-refractivity contribution in [3.8, 4) is 0 Å². The minimum Gasteiger partial charge on any atom is -0.468 e. The van der Waals surface area contributed by atoms with Crippen LogP contribution in [-0.4, -0.2) is 48.4 Å². The number of carbonyl (C=O) groups excluding carboxylic acids is 3. The van der Waals surface area contributed by atoms with Crippen molar-refractivity contribution in [1.82, 2.24) is 4.98 Å². The van der Waals surface area contributed by atoms with E-state index in [1.54, 1.807) is 24.3 Å². The average Bonchev–Trinajstić information content (AvgIpc) is 3.06. The van der Waals surface area contributed by atoms with Crippen molar-refractivity contribution in [1.29, 1.82) is 0 Å². The zero-order valence-electron chi connectivity index (χ0n) is 15.7. The summed E-state index contributed by atoms with van der Waals surface area (Å²) in [4.78, 5) is 52.0. The number of ketones is 1. The monoisotopic (exact) mass is 388 g/mol. The van der Waals surface area contributed by atoms with E-state index in [1.165, 1.54) is 6.92 Å². The average molecular weight is 388 g/mol. The highest BCUT2D eigenvalue weighted by molar-refractivity contribution is 6.09. The number of hydrogen-bond donors (Lipinski definition) is 1. The largest absolute Gasteiger partial charge is 0.468 e. The van der Waals surface area contributed by atoms with Crippen molar-refractivity contribution >= 4 is 28.6 Å². The van der Waals surface area contributed by atoms with Crippen LogP contribution in [0.15, 0.2) is 24.3 Å². The number of Topliss-reactive ketones (excluding diaryl/α,β-unsaturated/α-hetero) is 1. The van der Waals surface area contributed by atoms with Gasteiger partial charge < -0.3 is 14.5 Å². The van der Waals surface area contributed by atoms with Crippen molar-refractivity contribution in [2.75, 3.05) is 20.8 Å². The van der Waals surface area contributed by atoms with E-state index in [2.05, 4.69) is 4.98 Å². The molecule has 0 fully saturated rings. The summed E-state index contributed by atoms with van der Waals surface area (Å²) >= 11 is 0. The fourth-order valence-corrected chi connectivity index (χ4v) is 4.27. The number of ether oxygens (including phenoxy) is 2. The van der Waals surface area contributed by atoms with E-state index in [1.807, 2.05) is 0 Å². The fraction of sp³-hybridized carbons (Fsp3) is 0.421. The summed E-state index contributed by atoms with van der Waals surface area (Å²) in [5.74, 6) is -3.81. The lowest BCUT2D eigenvalue weighted by Crippen LogP contribution is -2.52. The molecular formula is C19H20N2O7. The molecule has 0 aliphatic heterocycles. The van der Waals surface area contributed by atoms with Crippen LogP contribution in [0.25, 0.3) is 10.9 Å². The Morgan fingerprint density at radius 1 is 1.21 bits per heavy atom. The van der Waals surface area contributed by atoms with Crippen LogP contribution < -0.4 is 0 Å². The number of H-pyrrole nitrogens is 1. The van der Waals surface area contributed by atoms with Gasteiger partial charge in [0.15, 0.2) is 0 Å². The van der Waals surface area contributed by atoms with Crippen LogP contribution in [0.1, 0.15) is 30.5 Å². The SMILES string of the molecule is COC(=O)C1(C(=O)OC)C[C@@H](C(C)=O)[C@H](C[N+](=O)[O-])c2c1[nH]c1ccccc21. The summed E-state index contributed by atoms with van der Waals surface area (Å²) in [5.41, 5.74) is -0.699. The van der Waals surface area contributed by atoms with E-state index < -0.39 is 40.7 Å². The maximum absolute atomic E-state index is 12.8. The Morgan fingerprint density at radius 3 is 2.36 bits per heavy atom. The Labute approximate surface area is 160 Å². The lowest BCUT2D eigenvalue weighted by molar-refractivity contribution is -0.484. The second kappa shape index (κ2) is 7.06. The maximum Gasteiger partial charge on any atom is 0.329 e. The van der Waals surface area contributed by atoms with Gasteiger partial charge in [0.25, 0.3) is 0 Å². The van der Waals surface area contributed by atoms with E-state index in [4.69, 9.17) is 9.47 Å². The first-order valence-electron chi connectivity index (χ1n) is 8.68. The van der Waals surface area contributed by atoms with E-state index in [9.17, 15) is 24.5 Å². The molecule has 0 bridgehead atoms. The van der Waals surface area contributed by atoms with Crippen LogP contribution in [0, 0.1) is 16.0 Å². The number of carbonyl (C=O) groups is 3. The number of aromatic amines is 1. The van der Waals surface area contributed by atoms with Gasteiger partial charge in [-0.1, -0.05) is 18.2 Å². The number of fused-ring (bicyclic) bond motifs is 3. The molecule has 2 aromatic rings. The molecule has 0 amide bonds. The molecule has 148 valence electrons. The molecule has 2 atom stereocenters. The van der Waals surface area contributed by atoms with Gasteiger partial charge >= 0.3 is 11.9 Å². The number of benzene rings is 1. The predicted octanol–water partition coefficient (Wildman–Crippen LogP) is 1.72. The van der Waals surface area contributed by atoms with Gasteiger partial charge in [-0.15, -0.1) is 0 Å². The molecular weight excluding hydrogens is 368 g/mol. The number of hydrogen-bond acceptors (Lipinski definition) is 7. The summed E-state index contributed by atoms with van der Waals surface area (Å²) in [5, 5.41) is 12.0. The summed E-state index contributed by atoms with van der Waals surface area (Å²) in [6.07, 6.45) is -0.264. The third-order valence-electron chi connectivity index (χ3n) is 5.49. The zero-order chi connectivity index (χ0) is 20.6. The summed E-state index contributed by atoms with van der Waals surface area (Å²) in [6.45, 7) is 0.800. The van der Waals surface area contributed by atoms with Gasteiger partial charge in [0.05, 0.1) is 20.1 Å². The van der Waals surface area contributed by atoms with Gasteiger partial charge in [-0.2, -0.15) is 0 Å². The maximum atomic E-state index is 12.8. The van der Waals surface area contributed by atoms with E-state index in [0.717, 1.165) is 14.2 Å². The van der Waals surface area contributed by atoms with Crippen molar-refractivity contribution in [2.24, 2.45) is 5.92 Å². The van der Waals surface area contributed by atoms with Crippen molar-refractivity contribution in [3.63, 3.8) is 0 Å². The second-order valence-corrected chi connectivity index (χ2v) is 6.89. The minimum absolute atomic E-state index is 0.191. The Kier molecular flexibility index (Phi) is 4.93. The zero-order valence-corrected chi connectivity index (χ0v) is 15.7. The molecule has 0 spiro atoms. The number of esters is 2. The highest BCUT2D eigenvalue weighted by Gasteiger charge is 2.60.